The van der Waals surface area contributed by atoms with Crippen LogP contribution in [-0.4, -0.2) is 82.9 Å². The third-order valence-corrected chi connectivity index (χ3v) is 4.77. The van der Waals surface area contributed by atoms with Gasteiger partial charge in [-0.3, -0.25) is 14.9 Å². The monoisotopic (exact) mass is 306 g/mol. The first-order valence-electron chi connectivity index (χ1n) is 8.10. The van der Waals surface area contributed by atoms with Crippen LogP contribution in [0.25, 0.3) is 0 Å². The number of aryl methyl sites for hydroxylation is 1. The van der Waals surface area contributed by atoms with Crippen LogP contribution in [0, 0.1) is 0 Å². The average Bonchev–Trinajstić information content (AvgIpc) is 2.92. The van der Waals surface area contributed by atoms with Gasteiger partial charge in [-0.2, -0.15) is 5.10 Å². The Hall–Kier alpha value is -1.60. The number of aromatic nitrogens is 2. The van der Waals surface area contributed by atoms with E-state index in [1.807, 2.05) is 18.0 Å². The normalized spacial score (nSPS) is 24.5. The zero-order valence-corrected chi connectivity index (χ0v) is 13.5. The molecule has 0 aromatic carbocycles. The number of hydrogen-bond donors (Lipinski definition) is 1. The van der Waals surface area contributed by atoms with Crippen LogP contribution in [0.5, 0.6) is 0 Å². The van der Waals surface area contributed by atoms with E-state index in [0.29, 0.717) is 6.04 Å². The van der Waals surface area contributed by atoms with Crippen LogP contribution in [0.4, 0.5) is 10.6 Å². The van der Waals surface area contributed by atoms with Gasteiger partial charge in [-0.15, -0.1) is 0 Å². The Balaban J connectivity index is 1.49. The van der Waals surface area contributed by atoms with Crippen molar-refractivity contribution in [2.45, 2.75) is 18.9 Å². The van der Waals surface area contributed by atoms with Crippen LogP contribution in [0.1, 0.15) is 12.8 Å². The van der Waals surface area contributed by atoms with Crippen LogP contribution in [0.2, 0.25) is 0 Å². The van der Waals surface area contributed by atoms with Gasteiger partial charge in [0, 0.05) is 51.9 Å². The quantitative estimate of drug-likeness (QED) is 0.872. The SMILES string of the molecule is CN1CCCC(N2CCN(C(=O)Nc3ccnn3C)CC2)C1. The molecule has 1 aromatic heterocycles. The van der Waals surface area contributed by atoms with Crippen LogP contribution < -0.4 is 5.32 Å². The predicted molar refractivity (Wildman–Crippen MR) is 85.9 cm³/mol. The minimum atomic E-state index is -0.0241. The van der Waals surface area contributed by atoms with Crippen molar-refractivity contribution in [2.75, 3.05) is 51.6 Å². The summed E-state index contributed by atoms with van der Waals surface area (Å²) in [6.07, 6.45) is 4.25. The lowest BCUT2D eigenvalue weighted by atomic mass is 10.0. The third-order valence-electron chi connectivity index (χ3n) is 4.77. The lowest BCUT2D eigenvalue weighted by Gasteiger charge is -2.42. The van der Waals surface area contributed by atoms with E-state index in [9.17, 15) is 4.79 Å². The number of urea groups is 1. The van der Waals surface area contributed by atoms with E-state index in [2.05, 4.69) is 27.3 Å². The molecule has 3 rings (SSSR count). The van der Waals surface area contributed by atoms with Crippen LogP contribution in [-0.2, 0) is 7.05 Å². The highest BCUT2D eigenvalue weighted by molar-refractivity contribution is 5.88. The molecule has 2 aliphatic rings. The van der Waals surface area contributed by atoms with E-state index in [1.165, 1.54) is 19.4 Å². The average molecular weight is 306 g/mol. The Kier molecular flexibility index (Phi) is 4.63. The molecule has 3 heterocycles. The molecule has 7 heteroatoms. The molecule has 7 nitrogen and oxygen atoms in total. The second-order valence-electron chi connectivity index (χ2n) is 6.35. The molecule has 0 aliphatic carbocycles. The van der Waals surface area contributed by atoms with Crippen molar-refractivity contribution in [3.63, 3.8) is 0 Å². The van der Waals surface area contributed by atoms with E-state index < -0.39 is 0 Å². The van der Waals surface area contributed by atoms with E-state index in [4.69, 9.17) is 0 Å². The molecule has 2 amide bonds. The molecule has 2 saturated heterocycles. The number of hydrogen-bond acceptors (Lipinski definition) is 4. The molecule has 0 radical (unpaired) electrons. The molecule has 2 aliphatic heterocycles. The predicted octanol–water partition coefficient (Wildman–Crippen LogP) is 0.664. The zero-order valence-electron chi connectivity index (χ0n) is 13.5. The number of likely N-dealkylation sites (N-methyl/N-ethyl adjacent to an activating group) is 1. The van der Waals surface area contributed by atoms with Crippen molar-refractivity contribution in [1.29, 1.82) is 0 Å². The minimum Gasteiger partial charge on any atom is -0.322 e. The summed E-state index contributed by atoms with van der Waals surface area (Å²) in [6.45, 7) is 5.90. The summed E-state index contributed by atoms with van der Waals surface area (Å²) >= 11 is 0. The highest BCUT2D eigenvalue weighted by atomic mass is 16.2. The van der Waals surface area contributed by atoms with E-state index in [-0.39, 0.29) is 6.03 Å². The summed E-state index contributed by atoms with van der Waals surface area (Å²) in [7, 11) is 4.02. The molecule has 1 N–H and O–H groups in total. The summed E-state index contributed by atoms with van der Waals surface area (Å²) in [6, 6.07) is 2.44. The highest BCUT2D eigenvalue weighted by Gasteiger charge is 2.28. The summed E-state index contributed by atoms with van der Waals surface area (Å²) < 4.78 is 1.67. The lowest BCUT2D eigenvalue weighted by molar-refractivity contribution is 0.0717. The van der Waals surface area contributed by atoms with Gasteiger partial charge in [0.1, 0.15) is 5.82 Å². The van der Waals surface area contributed by atoms with Crippen molar-refractivity contribution >= 4 is 11.8 Å². The first-order valence-corrected chi connectivity index (χ1v) is 8.10. The number of likely N-dealkylation sites (tertiary alicyclic amines) is 1. The number of piperazine rings is 1. The number of carbonyl (C=O) groups is 1. The summed E-state index contributed by atoms with van der Waals surface area (Å²) in [4.78, 5) is 19.2. The summed E-state index contributed by atoms with van der Waals surface area (Å²) in [5.74, 6) is 0.737. The molecule has 1 aromatic rings. The van der Waals surface area contributed by atoms with Gasteiger partial charge >= 0.3 is 6.03 Å². The molecular formula is C15H26N6O. The maximum absolute atomic E-state index is 12.3. The highest BCUT2D eigenvalue weighted by Crippen LogP contribution is 2.17. The van der Waals surface area contributed by atoms with Gasteiger partial charge in [0.15, 0.2) is 0 Å². The second kappa shape index (κ2) is 6.66. The Labute approximate surface area is 131 Å². The molecule has 0 saturated carbocycles. The third kappa shape index (κ3) is 3.41. The van der Waals surface area contributed by atoms with Crippen LogP contribution >= 0.6 is 0 Å². The zero-order chi connectivity index (χ0) is 15.5. The van der Waals surface area contributed by atoms with Gasteiger partial charge in [0.05, 0.1) is 6.20 Å². The van der Waals surface area contributed by atoms with Gasteiger partial charge < -0.3 is 9.80 Å². The Bertz CT molecular complexity index is 508. The number of piperidine rings is 1. The smallest absolute Gasteiger partial charge is 0.322 e. The Morgan fingerprint density at radius 1 is 1.23 bits per heavy atom. The van der Waals surface area contributed by atoms with Gasteiger partial charge in [-0.1, -0.05) is 0 Å². The number of anilines is 1. The molecule has 1 unspecified atom stereocenters. The van der Waals surface area contributed by atoms with E-state index >= 15 is 0 Å². The Morgan fingerprint density at radius 3 is 2.64 bits per heavy atom. The van der Waals surface area contributed by atoms with Gasteiger partial charge in [-0.05, 0) is 26.4 Å². The first kappa shape index (κ1) is 15.3. The van der Waals surface area contributed by atoms with Crippen molar-refractivity contribution in [2.24, 2.45) is 7.05 Å². The maximum atomic E-state index is 12.3. The molecule has 1 atom stereocenters. The molecule has 2 fully saturated rings. The fourth-order valence-corrected chi connectivity index (χ4v) is 3.41. The standard InChI is InChI=1S/C15H26N6O/c1-18-7-3-4-13(12-18)20-8-10-21(11-9-20)15(22)17-14-5-6-16-19(14)2/h5-6,13H,3-4,7-12H2,1-2H3,(H,17,22). The minimum absolute atomic E-state index is 0.0241. The number of nitrogens with one attached hydrogen (secondary N) is 1. The lowest BCUT2D eigenvalue weighted by Crippen LogP contribution is -2.56. The maximum Gasteiger partial charge on any atom is 0.323 e. The number of amides is 2. The number of rotatable bonds is 2. The van der Waals surface area contributed by atoms with Crippen molar-refractivity contribution in [3.05, 3.63) is 12.3 Å². The van der Waals surface area contributed by atoms with Crippen LogP contribution in [0.3, 0.4) is 0 Å². The van der Waals surface area contributed by atoms with Gasteiger partial charge in [-0.25, -0.2) is 4.79 Å². The molecular weight excluding hydrogens is 280 g/mol. The first-order chi connectivity index (χ1) is 10.6. The summed E-state index contributed by atoms with van der Waals surface area (Å²) in [5.41, 5.74) is 0. The topological polar surface area (TPSA) is 56.6 Å². The molecule has 0 spiro atoms. The largest absolute Gasteiger partial charge is 0.323 e. The van der Waals surface area contributed by atoms with Crippen molar-refractivity contribution < 1.29 is 4.79 Å². The molecule has 22 heavy (non-hydrogen) atoms. The van der Waals surface area contributed by atoms with Crippen molar-refractivity contribution in [3.8, 4) is 0 Å². The fraction of sp³-hybridized carbons (Fsp3) is 0.733. The fourth-order valence-electron chi connectivity index (χ4n) is 3.41. The number of carbonyl (C=O) groups excluding carboxylic acids is 1. The van der Waals surface area contributed by atoms with E-state index in [0.717, 1.165) is 38.5 Å². The van der Waals surface area contributed by atoms with Crippen LogP contribution in [0.15, 0.2) is 12.3 Å². The summed E-state index contributed by atoms with van der Waals surface area (Å²) in [5, 5.41) is 6.99. The number of nitrogens with zero attached hydrogens (tertiary/aromatic N) is 5. The molecule has 122 valence electrons. The Morgan fingerprint density at radius 2 is 2.00 bits per heavy atom. The van der Waals surface area contributed by atoms with E-state index in [1.54, 1.807) is 10.9 Å². The van der Waals surface area contributed by atoms with Gasteiger partial charge in [0.25, 0.3) is 0 Å². The van der Waals surface area contributed by atoms with Crippen molar-refractivity contribution in [1.82, 2.24) is 24.5 Å². The van der Waals surface area contributed by atoms with Gasteiger partial charge in [0.2, 0.25) is 0 Å². The molecule has 0 bridgehead atoms. The second-order valence-corrected chi connectivity index (χ2v) is 6.35.